The van der Waals surface area contributed by atoms with E-state index in [1.165, 1.54) is 12.0 Å². The summed E-state index contributed by atoms with van der Waals surface area (Å²) in [4.78, 5) is 0. The lowest BCUT2D eigenvalue weighted by molar-refractivity contribution is 0.622. The van der Waals surface area contributed by atoms with Crippen LogP contribution in [0.25, 0.3) is 0 Å². The van der Waals surface area contributed by atoms with E-state index in [2.05, 4.69) is 26.0 Å². The van der Waals surface area contributed by atoms with Crippen LogP contribution in [-0.2, 0) is 0 Å². The van der Waals surface area contributed by atoms with E-state index in [9.17, 15) is 0 Å². The van der Waals surface area contributed by atoms with Gasteiger partial charge < -0.3 is 5.73 Å². The molecule has 1 nitrogen and oxygen atoms in total. The summed E-state index contributed by atoms with van der Waals surface area (Å²) in [6.07, 6.45) is 1.28. The van der Waals surface area contributed by atoms with Gasteiger partial charge in [-0.25, -0.2) is 0 Å². The maximum Gasteiger partial charge on any atom is 0.0349 e. The average Bonchev–Trinajstić information content (AvgIpc) is 2.61. The molecule has 2 N–H and O–H groups in total. The van der Waals surface area contributed by atoms with Crippen LogP contribution in [0.1, 0.15) is 31.7 Å². The van der Waals surface area contributed by atoms with Crippen LogP contribution in [0, 0.1) is 5.41 Å². The Labute approximate surface area is 73.6 Å². The molecule has 64 valence electrons. The summed E-state index contributed by atoms with van der Waals surface area (Å²) in [5.41, 5.74) is 8.65. The summed E-state index contributed by atoms with van der Waals surface area (Å²) < 4.78 is 0. The first-order valence-corrected chi connectivity index (χ1v) is 4.46. The van der Waals surface area contributed by atoms with E-state index in [0.717, 1.165) is 5.69 Å². The van der Waals surface area contributed by atoms with Crippen LogP contribution in [-0.4, -0.2) is 0 Å². The maximum atomic E-state index is 5.88. The third-order valence-electron chi connectivity index (χ3n) is 2.88. The molecule has 1 unspecified atom stereocenters. The van der Waals surface area contributed by atoms with E-state index in [-0.39, 0.29) is 0 Å². The van der Waals surface area contributed by atoms with E-state index in [1.807, 2.05) is 12.1 Å². The fourth-order valence-electron chi connectivity index (χ4n) is 1.83. The molecule has 1 aromatic rings. The third-order valence-corrected chi connectivity index (χ3v) is 2.88. The first-order valence-electron chi connectivity index (χ1n) is 4.46. The molecule has 0 radical (unpaired) electrons. The molecule has 1 aromatic carbocycles. The zero-order valence-electron chi connectivity index (χ0n) is 7.67. The van der Waals surface area contributed by atoms with Crippen molar-refractivity contribution in [1.29, 1.82) is 0 Å². The van der Waals surface area contributed by atoms with Crippen LogP contribution in [0.3, 0.4) is 0 Å². The van der Waals surface area contributed by atoms with Gasteiger partial charge in [0.05, 0.1) is 0 Å². The van der Waals surface area contributed by atoms with E-state index in [0.29, 0.717) is 11.3 Å². The van der Waals surface area contributed by atoms with Gasteiger partial charge in [-0.05, 0) is 29.4 Å². The van der Waals surface area contributed by atoms with Crippen molar-refractivity contribution in [2.75, 3.05) is 5.73 Å². The van der Waals surface area contributed by atoms with Crippen molar-refractivity contribution in [2.24, 2.45) is 5.41 Å². The lowest BCUT2D eigenvalue weighted by Gasteiger charge is -2.06. The molecule has 12 heavy (non-hydrogen) atoms. The molecule has 0 bridgehead atoms. The third kappa shape index (κ3) is 1.09. The second kappa shape index (κ2) is 2.25. The topological polar surface area (TPSA) is 26.0 Å². The number of rotatable bonds is 1. The molecular formula is C11H15N. The number of hydrogen-bond donors (Lipinski definition) is 1. The molecule has 1 heteroatoms. The summed E-state index contributed by atoms with van der Waals surface area (Å²) in [6, 6.07) is 8.20. The highest BCUT2D eigenvalue weighted by molar-refractivity contribution is 5.51. The van der Waals surface area contributed by atoms with Gasteiger partial charge in [0.2, 0.25) is 0 Å². The Hall–Kier alpha value is -0.980. The summed E-state index contributed by atoms with van der Waals surface area (Å²) in [6.45, 7) is 4.59. The number of nitrogen functional groups attached to an aromatic ring is 1. The van der Waals surface area contributed by atoms with Gasteiger partial charge in [0, 0.05) is 5.69 Å². The van der Waals surface area contributed by atoms with Crippen LogP contribution in [0.2, 0.25) is 0 Å². The highest BCUT2D eigenvalue weighted by atomic mass is 14.6. The number of anilines is 1. The molecule has 0 heterocycles. The van der Waals surface area contributed by atoms with Crippen molar-refractivity contribution >= 4 is 5.69 Å². The van der Waals surface area contributed by atoms with E-state index in [1.54, 1.807) is 0 Å². The summed E-state index contributed by atoms with van der Waals surface area (Å²) >= 11 is 0. The summed E-state index contributed by atoms with van der Waals surface area (Å²) in [7, 11) is 0. The standard InChI is InChI=1S/C11H15N/c1-11(2)7-9(11)8-5-3-4-6-10(8)12/h3-6,9H,7,12H2,1-2H3. The quantitative estimate of drug-likeness (QED) is 0.630. The molecule has 0 amide bonds. The van der Waals surface area contributed by atoms with Crippen molar-refractivity contribution in [2.45, 2.75) is 26.2 Å². The zero-order chi connectivity index (χ0) is 8.77. The lowest BCUT2D eigenvalue weighted by atomic mass is 10.0. The van der Waals surface area contributed by atoms with Crippen LogP contribution in [0.15, 0.2) is 24.3 Å². The second-order valence-electron chi connectivity index (χ2n) is 4.37. The minimum Gasteiger partial charge on any atom is -0.398 e. The highest BCUT2D eigenvalue weighted by Crippen LogP contribution is 2.59. The molecule has 0 aromatic heterocycles. The predicted octanol–water partition coefficient (Wildman–Crippen LogP) is 2.78. The Balaban J connectivity index is 2.31. The molecule has 1 saturated carbocycles. The Morgan fingerprint density at radius 1 is 1.33 bits per heavy atom. The zero-order valence-corrected chi connectivity index (χ0v) is 7.67. The number of benzene rings is 1. The molecule has 0 aliphatic heterocycles. The van der Waals surface area contributed by atoms with Crippen molar-refractivity contribution in [3.8, 4) is 0 Å². The van der Waals surface area contributed by atoms with Gasteiger partial charge in [0.25, 0.3) is 0 Å². The Morgan fingerprint density at radius 3 is 2.42 bits per heavy atom. The molecule has 0 saturated heterocycles. The predicted molar refractivity (Wildman–Crippen MR) is 52.0 cm³/mol. The molecule has 2 rings (SSSR count). The highest BCUT2D eigenvalue weighted by Gasteiger charge is 2.46. The van der Waals surface area contributed by atoms with Gasteiger partial charge >= 0.3 is 0 Å². The second-order valence-corrected chi connectivity index (χ2v) is 4.37. The normalized spacial score (nSPS) is 25.3. The van der Waals surface area contributed by atoms with Crippen LogP contribution >= 0.6 is 0 Å². The van der Waals surface area contributed by atoms with E-state index < -0.39 is 0 Å². The molecular weight excluding hydrogens is 146 g/mol. The minimum absolute atomic E-state index is 0.482. The summed E-state index contributed by atoms with van der Waals surface area (Å²) in [5, 5.41) is 0. The molecule has 1 atom stereocenters. The van der Waals surface area contributed by atoms with Gasteiger partial charge in [-0.3, -0.25) is 0 Å². The lowest BCUT2D eigenvalue weighted by Crippen LogP contribution is -1.95. The van der Waals surface area contributed by atoms with Gasteiger partial charge in [-0.1, -0.05) is 32.0 Å². The fourth-order valence-corrected chi connectivity index (χ4v) is 1.83. The summed E-state index contributed by atoms with van der Waals surface area (Å²) in [5.74, 6) is 0.693. The molecule has 0 spiro atoms. The van der Waals surface area contributed by atoms with Gasteiger partial charge in [0.15, 0.2) is 0 Å². The van der Waals surface area contributed by atoms with Crippen molar-refractivity contribution in [3.05, 3.63) is 29.8 Å². The number of nitrogens with two attached hydrogens (primary N) is 1. The smallest absolute Gasteiger partial charge is 0.0349 e. The maximum absolute atomic E-state index is 5.88. The van der Waals surface area contributed by atoms with Gasteiger partial charge in [-0.2, -0.15) is 0 Å². The van der Waals surface area contributed by atoms with Crippen LogP contribution in [0.5, 0.6) is 0 Å². The van der Waals surface area contributed by atoms with Crippen molar-refractivity contribution in [1.82, 2.24) is 0 Å². The Bertz CT molecular complexity index is 302. The average molecular weight is 161 g/mol. The minimum atomic E-state index is 0.482. The first kappa shape index (κ1) is 7.66. The SMILES string of the molecule is CC1(C)CC1c1ccccc1N. The number of para-hydroxylation sites is 1. The van der Waals surface area contributed by atoms with Gasteiger partial charge in [-0.15, -0.1) is 0 Å². The van der Waals surface area contributed by atoms with Crippen molar-refractivity contribution < 1.29 is 0 Å². The van der Waals surface area contributed by atoms with Crippen molar-refractivity contribution in [3.63, 3.8) is 0 Å². The Kier molecular flexibility index (Phi) is 1.44. The van der Waals surface area contributed by atoms with Gasteiger partial charge in [0.1, 0.15) is 0 Å². The molecule has 1 aliphatic rings. The van der Waals surface area contributed by atoms with E-state index in [4.69, 9.17) is 5.73 Å². The van der Waals surface area contributed by atoms with Crippen LogP contribution in [0.4, 0.5) is 5.69 Å². The molecule has 1 aliphatic carbocycles. The molecule has 1 fully saturated rings. The largest absolute Gasteiger partial charge is 0.398 e. The van der Waals surface area contributed by atoms with E-state index >= 15 is 0 Å². The Morgan fingerprint density at radius 2 is 1.92 bits per heavy atom. The fraction of sp³-hybridized carbons (Fsp3) is 0.455. The monoisotopic (exact) mass is 161 g/mol. The first-order chi connectivity index (χ1) is 5.61. The van der Waals surface area contributed by atoms with Crippen LogP contribution < -0.4 is 5.73 Å². The number of hydrogen-bond acceptors (Lipinski definition) is 1.